The Hall–Kier alpha value is -3.95. The van der Waals surface area contributed by atoms with Crippen molar-refractivity contribution in [3.8, 4) is 23.1 Å². The maximum absolute atomic E-state index is 13.2. The minimum atomic E-state index is -4.15. The molecule has 0 aliphatic rings. The molecule has 35 heavy (non-hydrogen) atoms. The molecular formula is C23H26N5O6S+. The first-order valence-electron chi connectivity index (χ1n) is 10.5. The van der Waals surface area contributed by atoms with Crippen LogP contribution in [0.3, 0.4) is 0 Å². The van der Waals surface area contributed by atoms with Gasteiger partial charge in [-0.1, -0.05) is 45.0 Å². The average Bonchev–Trinajstić information content (AvgIpc) is 2.83. The molecule has 0 bridgehead atoms. The summed E-state index contributed by atoms with van der Waals surface area (Å²) in [6.45, 7) is 5.51. The summed E-state index contributed by atoms with van der Waals surface area (Å²) in [5.74, 6) is -0.726. The summed E-state index contributed by atoms with van der Waals surface area (Å²) in [4.78, 5) is 10.8. The number of nitrogens with one attached hydrogen (secondary N) is 1. The summed E-state index contributed by atoms with van der Waals surface area (Å²) >= 11 is 0. The minimum absolute atomic E-state index is 0.0207. The molecule has 0 fully saturated rings. The van der Waals surface area contributed by atoms with Crippen LogP contribution in [0.25, 0.3) is 4.98 Å². The molecule has 0 spiro atoms. The van der Waals surface area contributed by atoms with Crippen LogP contribution >= 0.6 is 0 Å². The van der Waals surface area contributed by atoms with Gasteiger partial charge in [-0.25, -0.2) is 13.1 Å². The van der Waals surface area contributed by atoms with E-state index in [0.29, 0.717) is 5.75 Å². The predicted octanol–water partition coefficient (Wildman–Crippen LogP) is 4.23. The Balaban J connectivity index is 2.09. The molecule has 0 atom stereocenters. The van der Waals surface area contributed by atoms with Crippen LogP contribution in [0, 0.1) is 5.39 Å². The second-order valence-electron chi connectivity index (χ2n) is 8.31. The minimum Gasteiger partial charge on any atom is -0.493 e. The normalized spacial score (nSPS) is 11.4. The summed E-state index contributed by atoms with van der Waals surface area (Å²) in [5, 5.41) is 18.4. The SMILES string of the molecule is COc1ccccc1Oc1c(NS(=O)(=O)c2ccc(C(C)(C)C)cc2)nc([N+]#N)nc1OCCO. The van der Waals surface area contributed by atoms with Crippen molar-refractivity contribution in [1.82, 2.24) is 9.97 Å². The molecule has 0 radical (unpaired) electrons. The van der Waals surface area contributed by atoms with Crippen LogP contribution < -0.4 is 18.9 Å². The van der Waals surface area contributed by atoms with Crippen LogP contribution in [0.5, 0.6) is 23.1 Å². The Labute approximate surface area is 203 Å². The monoisotopic (exact) mass is 500 g/mol. The fourth-order valence-electron chi connectivity index (χ4n) is 3.00. The lowest BCUT2D eigenvalue weighted by Gasteiger charge is -2.19. The van der Waals surface area contributed by atoms with E-state index in [-0.39, 0.29) is 46.7 Å². The van der Waals surface area contributed by atoms with Gasteiger partial charge in [0.1, 0.15) is 6.61 Å². The molecule has 0 saturated carbocycles. The Bertz CT molecular complexity index is 1330. The van der Waals surface area contributed by atoms with Crippen molar-refractivity contribution in [3.05, 3.63) is 59.1 Å². The van der Waals surface area contributed by atoms with Crippen molar-refractivity contribution in [3.63, 3.8) is 0 Å². The van der Waals surface area contributed by atoms with Crippen LogP contribution in [0.15, 0.2) is 53.4 Å². The van der Waals surface area contributed by atoms with Crippen LogP contribution in [-0.2, 0) is 15.4 Å². The van der Waals surface area contributed by atoms with Gasteiger partial charge in [-0.3, -0.25) is 0 Å². The molecule has 1 aromatic heterocycles. The molecule has 0 aliphatic carbocycles. The van der Waals surface area contributed by atoms with E-state index in [2.05, 4.69) is 19.7 Å². The van der Waals surface area contributed by atoms with Gasteiger partial charge in [-0.2, -0.15) is 0 Å². The molecule has 11 nitrogen and oxygen atoms in total. The van der Waals surface area contributed by atoms with Crippen molar-refractivity contribution in [1.29, 1.82) is 5.39 Å². The zero-order valence-corrected chi connectivity index (χ0v) is 20.5. The zero-order chi connectivity index (χ0) is 25.6. The van der Waals surface area contributed by atoms with Gasteiger partial charge in [0.05, 0.1) is 24.0 Å². The lowest BCUT2D eigenvalue weighted by atomic mass is 9.87. The molecule has 3 aromatic rings. The average molecular weight is 501 g/mol. The molecule has 12 heteroatoms. The Morgan fingerprint density at radius 3 is 2.29 bits per heavy atom. The second-order valence-corrected chi connectivity index (χ2v) is 9.99. The highest BCUT2D eigenvalue weighted by molar-refractivity contribution is 7.92. The summed E-state index contributed by atoms with van der Waals surface area (Å²) in [6.07, 6.45) is 0. The number of diazo groups is 1. The van der Waals surface area contributed by atoms with E-state index in [1.54, 1.807) is 36.4 Å². The second kappa shape index (κ2) is 10.5. The van der Waals surface area contributed by atoms with Gasteiger partial charge in [-0.05, 0) is 50.2 Å². The Morgan fingerprint density at radius 1 is 1.06 bits per heavy atom. The number of sulfonamides is 1. The topological polar surface area (TPSA) is 148 Å². The van der Waals surface area contributed by atoms with E-state index in [9.17, 15) is 18.9 Å². The number of aliphatic hydroxyl groups is 1. The van der Waals surface area contributed by atoms with Gasteiger partial charge in [-0.15, -0.1) is 0 Å². The number of rotatable bonds is 9. The number of anilines is 1. The third kappa shape index (κ3) is 6.14. The molecule has 3 rings (SSSR count). The molecule has 0 saturated heterocycles. The van der Waals surface area contributed by atoms with Gasteiger partial charge in [0.2, 0.25) is 0 Å². The molecular weight excluding hydrogens is 474 g/mol. The van der Waals surface area contributed by atoms with Gasteiger partial charge < -0.3 is 19.3 Å². The predicted molar refractivity (Wildman–Crippen MR) is 128 cm³/mol. The first-order chi connectivity index (χ1) is 16.6. The van der Waals surface area contributed by atoms with Crippen LogP contribution in [0.2, 0.25) is 0 Å². The van der Waals surface area contributed by atoms with E-state index in [1.165, 1.54) is 19.2 Å². The van der Waals surface area contributed by atoms with E-state index in [1.807, 2.05) is 20.8 Å². The number of benzene rings is 2. The molecule has 0 aliphatic heterocycles. The largest absolute Gasteiger partial charge is 0.567 e. The lowest BCUT2D eigenvalue weighted by molar-refractivity contribution is 0.192. The molecule has 0 amide bonds. The number of aliphatic hydroxyl groups excluding tert-OH is 1. The van der Waals surface area contributed by atoms with Gasteiger partial charge in [0.15, 0.2) is 11.5 Å². The molecule has 2 aromatic carbocycles. The van der Waals surface area contributed by atoms with Crippen LogP contribution in [-0.4, -0.2) is 43.8 Å². The standard InChI is InChI=1S/C23H26N5O6S/c1-23(2,3)15-9-11-16(12-10-15)35(30,31)28-20-19(34-18-8-6-5-7-17(18)32-4)21(33-14-13-29)26-22(25-20)27-24/h5-12,29H,13-14H2,1-4H3,(H,25,26,28)/q+1. The lowest BCUT2D eigenvalue weighted by Crippen LogP contribution is -2.17. The zero-order valence-electron chi connectivity index (χ0n) is 19.7. The van der Waals surface area contributed by atoms with Crippen molar-refractivity contribution in [2.24, 2.45) is 0 Å². The number of methoxy groups -OCH3 is 1. The van der Waals surface area contributed by atoms with Crippen molar-refractivity contribution in [2.75, 3.05) is 25.0 Å². The molecule has 1 heterocycles. The highest BCUT2D eigenvalue weighted by atomic mass is 32.2. The van der Waals surface area contributed by atoms with Crippen LogP contribution in [0.4, 0.5) is 11.8 Å². The maximum Gasteiger partial charge on any atom is 0.567 e. The number of hydrogen-bond acceptors (Lipinski definition) is 9. The van der Waals surface area contributed by atoms with Crippen molar-refractivity contribution < 1.29 is 27.7 Å². The third-order valence-electron chi connectivity index (χ3n) is 4.78. The van der Waals surface area contributed by atoms with Gasteiger partial charge in [0.25, 0.3) is 21.6 Å². The van der Waals surface area contributed by atoms with E-state index < -0.39 is 16.0 Å². The van der Waals surface area contributed by atoms with Crippen molar-refractivity contribution >= 4 is 21.8 Å². The number of hydrogen-bond donors (Lipinski definition) is 2. The molecule has 0 unspecified atom stereocenters. The summed E-state index contributed by atoms with van der Waals surface area (Å²) in [6, 6.07) is 13.0. The summed E-state index contributed by atoms with van der Waals surface area (Å²) in [7, 11) is -2.70. The van der Waals surface area contributed by atoms with Gasteiger partial charge >= 0.3 is 11.8 Å². The quantitative estimate of drug-likeness (QED) is 0.412. The van der Waals surface area contributed by atoms with E-state index in [4.69, 9.17) is 14.2 Å². The first-order valence-corrected chi connectivity index (χ1v) is 12.0. The number of aromatic nitrogens is 2. The summed E-state index contributed by atoms with van der Waals surface area (Å²) < 4.78 is 45.3. The highest BCUT2D eigenvalue weighted by Crippen LogP contribution is 2.41. The van der Waals surface area contributed by atoms with Gasteiger partial charge in [0, 0.05) is 0 Å². The first kappa shape index (κ1) is 25.7. The maximum atomic E-state index is 13.2. The fraction of sp³-hybridized carbons (Fsp3) is 0.304. The smallest absolute Gasteiger partial charge is 0.493 e. The van der Waals surface area contributed by atoms with Crippen LogP contribution in [0.1, 0.15) is 26.3 Å². The molecule has 2 N–H and O–H groups in total. The number of para-hydroxylation sites is 2. The fourth-order valence-corrected chi connectivity index (χ4v) is 4.00. The Kier molecular flexibility index (Phi) is 7.73. The van der Waals surface area contributed by atoms with Crippen molar-refractivity contribution in [2.45, 2.75) is 31.1 Å². The Morgan fingerprint density at radius 2 is 1.71 bits per heavy atom. The third-order valence-corrected chi connectivity index (χ3v) is 6.14. The number of nitrogens with zero attached hydrogens (tertiary/aromatic N) is 4. The van der Waals surface area contributed by atoms with E-state index >= 15 is 0 Å². The van der Waals surface area contributed by atoms with E-state index in [0.717, 1.165) is 5.56 Å². The molecule has 184 valence electrons. The summed E-state index contributed by atoms with van der Waals surface area (Å²) in [5.41, 5.74) is 0.800. The highest BCUT2D eigenvalue weighted by Gasteiger charge is 2.31. The number of ether oxygens (including phenoxy) is 3.